The van der Waals surface area contributed by atoms with Crippen molar-refractivity contribution < 1.29 is 0 Å². The summed E-state index contributed by atoms with van der Waals surface area (Å²) in [4.78, 5) is 0. The lowest BCUT2D eigenvalue weighted by Gasteiger charge is -2.03. The summed E-state index contributed by atoms with van der Waals surface area (Å²) >= 11 is 0. The second-order valence-electron chi connectivity index (χ2n) is 4.52. The molecule has 1 radical (unpaired) electrons. The molecule has 0 saturated carbocycles. The molecule has 0 atom stereocenters. The molecule has 4 rings (SSSR count). The fourth-order valence-corrected chi connectivity index (χ4v) is 2.35. The molecule has 0 spiro atoms. The van der Waals surface area contributed by atoms with E-state index in [1.807, 2.05) is 6.07 Å². The van der Waals surface area contributed by atoms with Crippen molar-refractivity contribution in [3.8, 4) is 11.3 Å². The number of rotatable bonds is 1. The third-order valence-electron chi connectivity index (χ3n) is 3.31. The third kappa shape index (κ3) is 1.67. The zero-order valence-corrected chi connectivity index (χ0v) is 10.1. The van der Waals surface area contributed by atoms with Crippen molar-refractivity contribution in [1.82, 2.24) is 15.4 Å². The molecule has 0 saturated heterocycles. The monoisotopic (exact) mass is 244 g/mol. The van der Waals surface area contributed by atoms with Crippen LogP contribution in [0.25, 0.3) is 32.8 Å². The summed E-state index contributed by atoms with van der Waals surface area (Å²) in [6.45, 7) is 0. The summed E-state index contributed by atoms with van der Waals surface area (Å²) in [5.41, 5.74) is 1.77. The molecule has 4 aromatic rings. The maximum atomic E-state index is 4.02. The standard InChI is InChI=1S/C16H10N3/c1-2-4-12-8-15-9-14(16-10-17-19-18-16)6-5-13(15)7-11(12)3-1/h1-8,10H,(H,17,18,19). The highest BCUT2D eigenvalue weighted by Gasteiger charge is 2.04. The Kier molecular flexibility index (Phi) is 2.12. The zero-order valence-electron chi connectivity index (χ0n) is 10.1. The molecule has 0 bridgehead atoms. The van der Waals surface area contributed by atoms with Crippen molar-refractivity contribution >= 4 is 21.5 Å². The van der Waals surface area contributed by atoms with Gasteiger partial charge < -0.3 is 0 Å². The maximum absolute atomic E-state index is 4.02. The van der Waals surface area contributed by atoms with Gasteiger partial charge in [-0.1, -0.05) is 41.6 Å². The number of aromatic nitrogens is 3. The Morgan fingerprint density at radius 2 is 1.74 bits per heavy atom. The molecule has 0 unspecified atom stereocenters. The SMILES string of the molecule is [c]1c(-c2c[nH]nn2)ccc2cc3ccccc3cc12. The molecule has 0 aliphatic heterocycles. The molecule has 19 heavy (non-hydrogen) atoms. The van der Waals surface area contributed by atoms with E-state index in [0.29, 0.717) is 0 Å². The Bertz CT molecular complexity index is 864. The van der Waals surface area contributed by atoms with Gasteiger partial charge in [0.2, 0.25) is 0 Å². The summed E-state index contributed by atoms with van der Waals surface area (Å²) in [5.74, 6) is 0. The van der Waals surface area contributed by atoms with Gasteiger partial charge in [-0.25, -0.2) is 0 Å². The summed E-state index contributed by atoms with van der Waals surface area (Å²) in [5, 5.41) is 15.2. The number of fused-ring (bicyclic) bond motifs is 2. The first-order valence-electron chi connectivity index (χ1n) is 6.12. The van der Waals surface area contributed by atoms with Crippen LogP contribution < -0.4 is 0 Å². The number of H-pyrrole nitrogens is 1. The van der Waals surface area contributed by atoms with E-state index in [1.165, 1.54) is 16.2 Å². The predicted octanol–water partition coefficient (Wildman–Crippen LogP) is 3.58. The van der Waals surface area contributed by atoms with Crippen molar-refractivity contribution in [3.63, 3.8) is 0 Å². The first-order valence-corrected chi connectivity index (χ1v) is 6.12. The van der Waals surface area contributed by atoms with Crippen molar-refractivity contribution in [2.45, 2.75) is 0 Å². The Hall–Kier alpha value is -2.68. The van der Waals surface area contributed by atoms with Gasteiger partial charge in [0.25, 0.3) is 0 Å². The van der Waals surface area contributed by atoms with Gasteiger partial charge in [0.1, 0.15) is 5.69 Å². The van der Waals surface area contributed by atoms with E-state index in [4.69, 9.17) is 0 Å². The predicted molar refractivity (Wildman–Crippen MR) is 75.7 cm³/mol. The minimum absolute atomic E-state index is 0.815. The Morgan fingerprint density at radius 3 is 2.53 bits per heavy atom. The van der Waals surface area contributed by atoms with Crippen LogP contribution in [0.4, 0.5) is 0 Å². The van der Waals surface area contributed by atoms with Gasteiger partial charge in [-0.15, -0.1) is 5.10 Å². The summed E-state index contributed by atoms with van der Waals surface area (Å²) in [7, 11) is 0. The van der Waals surface area contributed by atoms with Crippen molar-refractivity contribution in [1.29, 1.82) is 0 Å². The van der Waals surface area contributed by atoms with Crippen LogP contribution in [-0.2, 0) is 0 Å². The van der Waals surface area contributed by atoms with E-state index in [2.05, 4.69) is 63.9 Å². The van der Waals surface area contributed by atoms with Crippen LogP contribution in [0.2, 0.25) is 0 Å². The molecule has 1 aromatic heterocycles. The highest BCUT2D eigenvalue weighted by atomic mass is 15.3. The van der Waals surface area contributed by atoms with Gasteiger partial charge >= 0.3 is 0 Å². The van der Waals surface area contributed by atoms with Crippen LogP contribution in [0.5, 0.6) is 0 Å². The largest absolute Gasteiger partial charge is 0.265 e. The van der Waals surface area contributed by atoms with Gasteiger partial charge in [-0.3, -0.25) is 5.10 Å². The maximum Gasteiger partial charge on any atom is 0.113 e. The lowest BCUT2D eigenvalue weighted by Crippen LogP contribution is -1.81. The van der Waals surface area contributed by atoms with E-state index in [9.17, 15) is 0 Å². The molecule has 0 aliphatic rings. The van der Waals surface area contributed by atoms with Crippen LogP contribution in [0, 0.1) is 6.07 Å². The number of nitrogens with one attached hydrogen (secondary N) is 1. The molecular weight excluding hydrogens is 234 g/mol. The molecule has 89 valence electrons. The lowest BCUT2D eigenvalue weighted by molar-refractivity contribution is 0.942. The number of aromatic amines is 1. The molecule has 0 amide bonds. The molecule has 0 fully saturated rings. The molecule has 1 N–H and O–H groups in total. The number of benzene rings is 3. The fraction of sp³-hybridized carbons (Fsp3) is 0. The minimum atomic E-state index is 0.815. The van der Waals surface area contributed by atoms with E-state index in [-0.39, 0.29) is 0 Å². The van der Waals surface area contributed by atoms with Gasteiger partial charge in [0.15, 0.2) is 0 Å². The second kappa shape index (κ2) is 3.92. The van der Waals surface area contributed by atoms with Gasteiger partial charge in [0.05, 0.1) is 6.20 Å². The molecule has 3 heteroatoms. The summed E-state index contributed by atoms with van der Waals surface area (Å²) < 4.78 is 0. The summed E-state index contributed by atoms with van der Waals surface area (Å²) in [6.07, 6.45) is 1.78. The minimum Gasteiger partial charge on any atom is -0.265 e. The second-order valence-corrected chi connectivity index (χ2v) is 4.52. The Balaban J connectivity index is 2.00. The normalized spacial score (nSPS) is 11.2. The van der Waals surface area contributed by atoms with Crippen LogP contribution in [0.15, 0.2) is 54.7 Å². The van der Waals surface area contributed by atoms with Crippen molar-refractivity contribution in [3.05, 3.63) is 60.8 Å². The average molecular weight is 244 g/mol. The lowest BCUT2D eigenvalue weighted by atomic mass is 10.0. The van der Waals surface area contributed by atoms with Gasteiger partial charge in [0, 0.05) is 11.6 Å². The highest BCUT2D eigenvalue weighted by molar-refractivity contribution is 5.99. The number of hydrogen-bond acceptors (Lipinski definition) is 2. The smallest absolute Gasteiger partial charge is 0.113 e. The van der Waals surface area contributed by atoms with Crippen LogP contribution in [0.3, 0.4) is 0 Å². The first kappa shape index (κ1) is 10.3. The van der Waals surface area contributed by atoms with E-state index >= 15 is 0 Å². The van der Waals surface area contributed by atoms with Gasteiger partial charge in [-0.05, 0) is 33.7 Å². The van der Waals surface area contributed by atoms with Crippen LogP contribution in [-0.4, -0.2) is 15.4 Å². The number of nitrogens with zero attached hydrogens (tertiary/aromatic N) is 2. The molecule has 3 nitrogen and oxygen atoms in total. The zero-order chi connectivity index (χ0) is 12.7. The molecular formula is C16H10N3. The Morgan fingerprint density at radius 1 is 0.895 bits per heavy atom. The average Bonchev–Trinajstić information content (AvgIpc) is 2.98. The van der Waals surface area contributed by atoms with E-state index in [0.717, 1.165) is 16.6 Å². The van der Waals surface area contributed by atoms with Crippen molar-refractivity contribution in [2.24, 2.45) is 0 Å². The Labute approximate surface area is 109 Å². The highest BCUT2D eigenvalue weighted by Crippen LogP contribution is 2.26. The topological polar surface area (TPSA) is 41.6 Å². The van der Waals surface area contributed by atoms with E-state index in [1.54, 1.807) is 6.20 Å². The molecule has 1 heterocycles. The molecule has 3 aromatic carbocycles. The van der Waals surface area contributed by atoms with Crippen LogP contribution in [0.1, 0.15) is 0 Å². The summed E-state index contributed by atoms with van der Waals surface area (Å²) in [6, 6.07) is 20.2. The van der Waals surface area contributed by atoms with Crippen molar-refractivity contribution in [2.75, 3.05) is 0 Å². The van der Waals surface area contributed by atoms with Gasteiger partial charge in [-0.2, -0.15) is 0 Å². The first-order chi connectivity index (χ1) is 9.40. The van der Waals surface area contributed by atoms with E-state index < -0.39 is 0 Å². The quantitative estimate of drug-likeness (QED) is 0.520. The molecule has 0 aliphatic carbocycles. The fourth-order valence-electron chi connectivity index (χ4n) is 2.35. The third-order valence-corrected chi connectivity index (χ3v) is 3.31. The van der Waals surface area contributed by atoms with Crippen LogP contribution >= 0.6 is 0 Å². The number of hydrogen-bond donors (Lipinski definition) is 1.